The summed E-state index contributed by atoms with van der Waals surface area (Å²) in [6.45, 7) is 0. The smallest absolute Gasteiger partial charge is 0.273 e. The van der Waals surface area contributed by atoms with Gasteiger partial charge >= 0.3 is 0 Å². The number of carbonyl (C=O) groups is 1. The second kappa shape index (κ2) is 6.00. The predicted molar refractivity (Wildman–Crippen MR) is 80.9 cm³/mol. The van der Waals surface area contributed by atoms with Crippen LogP contribution in [0.25, 0.3) is 0 Å². The van der Waals surface area contributed by atoms with Gasteiger partial charge in [0.1, 0.15) is 6.10 Å². The van der Waals surface area contributed by atoms with Gasteiger partial charge in [-0.25, -0.2) is 0 Å². The van der Waals surface area contributed by atoms with Crippen LogP contribution in [0.15, 0.2) is 18.6 Å². The molecule has 0 aromatic carbocycles. The van der Waals surface area contributed by atoms with Crippen LogP contribution in [0.4, 0.5) is 0 Å². The maximum atomic E-state index is 12.3. The summed E-state index contributed by atoms with van der Waals surface area (Å²) in [6.07, 6.45) is 7.81. The van der Waals surface area contributed by atoms with Crippen LogP contribution in [0, 0.1) is 0 Å². The number of aromatic nitrogens is 4. The highest BCUT2D eigenvalue weighted by Gasteiger charge is 2.31. The number of hydrogen-bond acceptors (Lipinski definition) is 4. The summed E-state index contributed by atoms with van der Waals surface area (Å²) in [7, 11) is 3.57. The minimum absolute atomic E-state index is 0.0502. The number of nitrogens with zero attached hydrogens (tertiary/aromatic N) is 4. The number of halogens is 1. The lowest BCUT2D eigenvalue weighted by molar-refractivity contribution is 0.0888. The summed E-state index contributed by atoms with van der Waals surface area (Å²) in [5.74, 6) is 0.446. The SMILES string of the molecule is Cn1cc(O[C@@H]2CCC[C@@H]2NC(=O)c2nn(C)cc2Cl)cn1. The van der Waals surface area contributed by atoms with Gasteiger partial charge in [0.25, 0.3) is 5.91 Å². The number of amides is 1. The molecule has 3 rings (SSSR count). The van der Waals surface area contributed by atoms with E-state index in [-0.39, 0.29) is 23.7 Å². The molecular weight excluding hydrogens is 306 g/mol. The van der Waals surface area contributed by atoms with Crippen LogP contribution in [-0.2, 0) is 14.1 Å². The third-order valence-electron chi connectivity index (χ3n) is 3.74. The lowest BCUT2D eigenvalue weighted by Crippen LogP contribution is -2.42. The molecule has 1 aliphatic rings. The summed E-state index contributed by atoms with van der Waals surface area (Å²) in [5, 5.41) is 11.5. The van der Waals surface area contributed by atoms with Crippen LogP contribution < -0.4 is 10.1 Å². The Labute approximate surface area is 133 Å². The van der Waals surface area contributed by atoms with E-state index in [1.807, 2.05) is 13.2 Å². The van der Waals surface area contributed by atoms with E-state index in [0.717, 1.165) is 19.3 Å². The maximum Gasteiger partial charge on any atom is 0.273 e. The number of hydrogen-bond donors (Lipinski definition) is 1. The quantitative estimate of drug-likeness (QED) is 0.926. The van der Waals surface area contributed by atoms with Crippen LogP contribution in [0.3, 0.4) is 0 Å². The first-order chi connectivity index (χ1) is 10.5. The fourth-order valence-electron chi connectivity index (χ4n) is 2.72. The van der Waals surface area contributed by atoms with E-state index in [1.165, 1.54) is 4.68 Å². The van der Waals surface area contributed by atoms with Crippen molar-refractivity contribution in [2.24, 2.45) is 14.1 Å². The third kappa shape index (κ3) is 3.09. The van der Waals surface area contributed by atoms with Gasteiger partial charge in [0, 0.05) is 20.3 Å². The second-order valence-corrected chi connectivity index (χ2v) is 5.92. The third-order valence-corrected chi connectivity index (χ3v) is 4.01. The first-order valence-electron chi connectivity index (χ1n) is 7.18. The molecule has 2 aromatic heterocycles. The molecule has 0 aliphatic heterocycles. The molecular formula is C14H18ClN5O2. The maximum absolute atomic E-state index is 12.3. The largest absolute Gasteiger partial charge is 0.485 e. The van der Waals surface area contributed by atoms with Gasteiger partial charge in [-0.2, -0.15) is 10.2 Å². The minimum atomic E-state index is -0.266. The van der Waals surface area contributed by atoms with Gasteiger partial charge in [0.05, 0.1) is 23.5 Å². The summed E-state index contributed by atoms with van der Waals surface area (Å²) in [4.78, 5) is 12.3. The summed E-state index contributed by atoms with van der Waals surface area (Å²) in [5.41, 5.74) is 0.246. The highest BCUT2D eigenvalue weighted by Crippen LogP contribution is 2.25. The van der Waals surface area contributed by atoms with E-state index >= 15 is 0 Å². The summed E-state index contributed by atoms with van der Waals surface area (Å²) >= 11 is 6.01. The molecule has 1 fully saturated rings. The van der Waals surface area contributed by atoms with E-state index in [1.54, 1.807) is 24.1 Å². The highest BCUT2D eigenvalue weighted by molar-refractivity contribution is 6.33. The molecule has 0 saturated heterocycles. The second-order valence-electron chi connectivity index (χ2n) is 5.52. The van der Waals surface area contributed by atoms with Gasteiger partial charge in [-0.05, 0) is 19.3 Å². The average Bonchev–Trinajstić information content (AvgIpc) is 3.13. The zero-order valence-corrected chi connectivity index (χ0v) is 13.2. The van der Waals surface area contributed by atoms with E-state index in [0.29, 0.717) is 10.8 Å². The van der Waals surface area contributed by atoms with Crippen molar-refractivity contribution >= 4 is 17.5 Å². The Morgan fingerprint density at radius 2 is 2.18 bits per heavy atom. The summed E-state index contributed by atoms with van der Waals surface area (Å²) < 4.78 is 9.13. The topological polar surface area (TPSA) is 74.0 Å². The standard InChI is InChI=1S/C14H18ClN5O2/c1-19-7-9(6-16-19)22-12-5-3-4-11(12)17-14(21)13-10(15)8-20(2)18-13/h6-8,11-12H,3-5H2,1-2H3,(H,17,21)/t11-,12+/m0/s1. The molecule has 7 nitrogen and oxygen atoms in total. The first-order valence-corrected chi connectivity index (χ1v) is 7.56. The fraction of sp³-hybridized carbons (Fsp3) is 0.500. The molecule has 22 heavy (non-hydrogen) atoms. The van der Waals surface area contributed by atoms with Crippen molar-refractivity contribution in [3.8, 4) is 5.75 Å². The van der Waals surface area contributed by atoms with Gasteiger partial charge in [0.15, 0.2) is 11.4 Å². The Morgan fingerprint density at radius 3 is 2.82 bits per heavy atom. The molecule has 0 spiro atoms. The van der Waals surface area contributed by atoms with Gasteiger partial charge in [0.2, 0.25) is 0 Å². The molecule has 2 aromatic rings. The molecule has 1 saturated carbocycles. The Morgan fingerprint density at radius 1 is 1.36 bits per heavy atom. The Balaban J connectivity index is 1.66. The van der Waals surface area contributed by atoms with Crippen molar-refractivity contribution < 1.29 is 9.53 Å². The summed E-state index contributed by atoms with van der Waals surface area (Å²) in [6, 6.07) is -0.0502. The molecule has 0 bridgehead atoms. The zero-order valence-electron chi connectivity index (χ0n) is 12.5. The van der Waals surface area contributed by atoms with E-state index in [2.05, 4.69) is 15.5 Å². The lowest BCUT2D eigenvalue weighted by Gasteiger charge is -2.21. The molecule has 1 aliphatic carbocycles. The number of rotatable bonds is 4. The van der Waals surface area contributed by atoms with Crippen molar-refractivity contribution in [2.45, 2.75) is 31.4 Å². The average molecular weight is 324 g/mol. The van der Waals surface area contributed by atoms with Gasteiger partial charge in [-0.1, -0.05) is 11.6 Å². The van der Waals surface area contributed by atoms with Crippen molar-refractivity contribution in [3.05, 3.63) is 29.3 Å². The minimum Gasteiger partial charge on any atom is -0.485 e. The molecule has 1 amide bonds. The van der Waals surface area contributed by atoms with E-state index in [9.17, 15) is 4.79 Å². The molecule has 2 heterocycles. The number of nitrogens with one attached hydrogen (secondary N) is 1. The van der Waals surface area contributed by atoms with Crippen LogP contribution in [0.5, 0.6) is 5.75 Å². The number of ether oxygens (including phenoxy) is 1. The first kappa shape index (κ1) is 14.9. The monoisotopic (exact) mass is 323 g/mol. The Hall–Kier alpha value is -2.02. The van der Waals surface area contributed by atoms with E-state index in [4.69, 9.17) is 16.3 Å². The highest BCUT2D eigenvalue weighted by atomic mass is 35.5. The van der Waals surface area contributed by atoms with Gasteiger partial charge in [-0.15, -0.1) is 0 Å². The Kier molecular flexibility index (Phi) is 4.06. The van der Waals surface area contributed by atoms with Gasteiger partial charge in [-0.3, -0.25) is 14.2 Å². The van der Waals surface area contributed by atoms with Crippen molar-refractivity contribution in [1.29, 1.82) is 0 Å². The molecule has 8 heteroatoms. The van der Waals surface area contributed by atoms with Crippen LogP contribution >= 0.6 is 11.6 Å². The molecule has 2 atom stereocenters. The number of carbonyl (C=O) groups excluding carboxylic acids is 1. The predicted octanol–water partition coefficient (Wildman–Crippen LogP) is 1.54. The molecule has 118 valence electrons. The zero-order chi connectivity index (χ0) is 15.7. The van der Waals surface area contributed by atoms with Crippen molar-refractivity contribution in [2.75, 3.05) is 0 Å². The fourth-order valence-corrected chi connectivity index (χ4v) is 2.98. The van der Waals surface area contributed by atoms with Gasteiger partial charge < -0.3 is 10.1 Å². The van der Waals surface area contributed by atoms with Crippen molar-refractivity contribution in [3.63, 3.8) is 0 Å². The van der Waals surface area contributed by atoms with Crippen LogP contribution in [0.1, 0.15) is 29.8 Å². The number of aryl methyl sites for hydroxylation is 2. The Bertz CT molecular complexity index is 681. The van der Waals surface area contributed by atoms with Crippen LogP contribution in [0.2, 0.25) is 5.02 Å². The van der Waals surface area contributed by atoms with Crippen molar-refractivity contribution in [1.82, 2.24) is 24.9 Å². The molecule has 1 N–H and O–H groups in total. The van der Waals surface area contributed by atoms with E-state index < -0.39 is 0 Å². The lowest BCUT2D eigenvalue weighted by atomic mass is 10.2. The molecule has 0 unspecified atom stereocenters. The van der Waals surface area contributed by atoms with Crippen LogP contribution in [-0.4, -0.2) is 37.6 Å². The molecule has 0 radical (unpaired) electrons. The normalized spacial score (nSPS) is 21.0.